The fraction of sp³-hybridized carbons (Fsp3) is 0.250. The minimum Gasteiger partial charge on any atom is -0.501 e. The van der Waals surface area contributed by atoms with Gasteiger partial charge in [0.05, 0.1) is 30.7 Å². The third kappa shape index (κ3) is 4.00. The van der Waals surface area contributed by atoms with Crippen molar-refractivity contribution in [2.24, 2.45) is 0 Å². The molecule has 0 unspecified atom stereocenters. The maximum absolute atomic E-state index is 11.5. The van der Waals surface area contributed by atoms with Gasteiger partial charge in [0, 0.05) is 6.08 Å². The summed E-state index contributed by atoms with van der Waals surface area (Å²) in [5.74, 6) is 0.131. The standard InChI is InChI=1S/C12H14ClNO3/c1-3-17-8-7-11(15)14-10-6-4-5-9(13)12(10)16-2/h4-8H,3H2,1-2H3,(H,14,15)/b8-7+. The molecule has 0 aliphatic heterocycles. The number of hydrogen-bond acceptors (Lipinski definition) is 3. The SMILES string of the molecule is CCO/C=C/C(=O)Nc1cccc(Cl)c1OC. The van der Waals surface area contributed by atoms with Crippen LogP contribution in [-0.2, 0) is 9.53 Å². The van der Waals surface area contributed by atoms with Crippen LogP contribution in [0.1, 0.15) is 6.92 Å². The summed E-state index contributed by atoms with van der Waals surface area (Å²) in [5, 5.41) is 3.09. The Labute approximate surface area is 105 Å². The van der Waals surface area contributed by atoms with Gasteiger partial charge in [-0.3, -0.25) is 4.79 Å². The van der Waals surface area contributed by atoms with Gasteiger partial charge >= 0.3 is 0 Å². The minimum atomic E-state index is -0.306. The van der Waals surface area contributed by atoms with Crippen molar-refractivity contribution in [2.75, 3.05) is 19.0 Å². The molecule has 0 saturated heterocycles. The van der Waals surface area contributed by atoms with E-state index in [-0.39, 0.29) is 5.91 Å². The van der Waals surface area contributed by atoms with Crippen LogP contribution >= 0.6 is 11.6 Å². The van der Waals surface area contributed by atoms with Crippen molar-refractivity contribution in [1.29, 1.82) is 0 Å². The summed E-state index contributed by atoms with van der Waals surface area (Å²) in [5.41, 5.74) is 0.520. The lowest BCUT2D eigenvalue weighted by Gasteiger charge is -2.09. The fourth-order valence-corrected chi connectivity index (χ4v) is 1.45. The first-order valence-electron chi connectivity index (χ1n) is 5.10. The maximum atomic E-state index is 11.5. The van der Waals surface area contributed by atoms with E-state index < -0.39 is 0 Å². The molecule has 92 valence electrons. The normalized spacial score (nSPS) is 10.3. The highest BCUT2D eigenvalue weighted by Gasteiger charge is 2.08. The lowest BCUT2D eigenvalue weighted by molar-refractivity contribution is -0.112. The Kier molecular flexibility index (Phi) is 5.36. The molecule has 0 bridgehead atoms. The summed E-state index contributed by atoms with van der Waals surface area (Å²) >= 11 is 5.92. The number of carbonyl (C=O) groups excluding carboxylic acids is 1. The highest BCUT2D eigenvalue weighted by atomic mass is 35.5. The van der Waals surface area contributed by atoms with E-state index in [1.807, 2.05) is 6.92 Å². The topological polar surface area (TPSA) is 47.6 Å². The molecule has 1 aromatic carbocycles. The van der Waals surface area contributed by atoms with Gasteiger partial charge in [-0.25, -0.2) is 0 Å². The van der Waals surface area contributed by atoms with Gasteiger partial charge in [0.15, 0.2) is 5.75 Å². The van der Waals surface area contributed by atoms with Gasteiger partial charge in [0.1, 0.15) is 0 Å². The van der Waals surface area contributed by atoms with Gasteiger partial charge in [-0.1, -0.05) is 17.7 Å². The molecule has 0 saturated carbocycles. The number of hydrogen-bond donors (Lipinski definition) is 1. The summed E-state index contributed by atoms with van der Waals surface area (Å²) < 4.78 is 10.0. The van der Waals surface area contributed by atoms with Crippen LogP contribution in [0.15, 0.2) is 30.5 Å². The lowest BCUT2D eigenvalue weighted by atomic mass is 10.3. The molecule has 1 N–H and O–H groups in total. The highest BCUT2D eigenvalue weighted by molar-refractivity contribution is 6.32. The maximum Gasteiger partial charge on any atom is 0.251 e. The summed E-state index contributed by atoms with van der Waals surface area (Å²) in [6, 6.07) is 5.12. The van der Waals surface area contributed by atoms with Gasteiger partial charge in [-0.2, -0.15) is 0 Å². The van der Waals surface area contributed by atoms with Gasteiger partial charge in [-0.05, 0) is 19.1 Å². The Morgan fingerprint density at radius 1 is 1.53 bits per heavy atom. The molecule has 0 aromatic heterocycles. The van der Waals surface area contributed by atoms with E-state index in [4.69, 9.17) is 21.1 Å². The first kappa shape index (κ1) is 13.4. The first-order chi connectivity index (χ1) is 8.19. The number of para-hydroxylation sites is 1. The van der Waals surface area contributed by atoms with Gasteiger partial charge in [0.2, 0.25) is 0 Å². The number of anilines is 1. The molecule has 0 heterocycles. The second-order valence-corrected chi connectivity index (χ2v) is 3.48. The number of ether oxygens (including phenoxy) is 2. The third-order valence-corrected chi connectivity index (χ3v) is 2.21. The van der Waals surface area contributed by atoms with Gasteiger partial charge < -0.3 is 14.8 Å². The Morgan fingerprint density at radius 2 is 2.29 bits per heavy atom. The second kappa shape index (κ2) is 6.81. The van der Waals surface area contributed by atoms with E-state index >= 15 is 0 Å². The van der Waals surface area contributed by atoms with E-state index in [1.165, 1.54) is 19.4 Å². The van der Waals surface area contributed by atoms with Crippen LogP contribution < -0.4 is 10.1 Å². The Balaban J connectivity index is 2.74. The van der Waals surface area contributed by atoms with Crippen LogP contribution in [0.4, 0.5) is 5.69 Å². The van der Waals surface area contributed by atoms with Crippen molar-refractivity contribution in [1.82, 2.24) is 0 Å². The number of amides is 1. The zero-order valence-corrected chi connectivity index (χ0v) is 10.5. The van der Waals surface area contributed by atoms with E-state index in [0.29, 0.717) is 23.1 Å². The second-order valence-electron chi connectivity index (χ2n) is 3.07. The van der Waals surface area contributed by atoms with Crippen LogP contribution in [0, 0.1) is 0 Å². The predicted octanol–water partition coefficient (Wildman–Crippen LogP) is 2.84. The number of halogens is 1. The smallest absolute Gasteiger partial charge is 0.251 e. The summed E-state index contributed by atoms with van der Waals surface area (Å²) in [7, 11) is 1.49. The molecule has 0 fully saturated rings. The van der Waals surface area contributed by atoms with Crippen molar-refractivity contribution in [3.8, 4) is 5.75 Å². The number of nitrogens with one attached hydrogen (secondary N) is 1. The molecular weight excluding hydrogens is 242 g/mol. The molecule has 1 rings (SSSR count). The number of rotatable bonds is 5. The number of methoxy groups -OCH3 is 1. The van der Waals surface area contributed by atoms with E-state index in [1.54, 1.807) is 18.2 Å². The molecule has 1 aromatic rings. The largest absolute Gasteiger partial charge is 0.501 e. The quantitative estimate of drug-likeness (QED) is 0.650. The van der Waals surface area contributed by atoms with Crippen molar-refractivity contribution in [3.63, 3.8) is 0 Å². The Bertz CT molecular complexity index is 418. The fourth-order valence-electron chi connectivity index (χ4n) is 1.20. The molecule has 17 heavy (non-hydrogen) atoms. The van der Waals surface area contributed by atoms with Gasteiger partial charge in [-0.15, -0.1) is 0 Å². The minimum absolute atomic E-state index is 0.306. The first-order valence-corrected chi connectivity index (χ1v) is 5.48. The van der Waals surface area contributed by atoms with E-state index in [0.717, 1.165) is 0 Å². The molecule has 5 heteroatoms. The highest BCUT2D eigenvalue weighted by Crippen LogP contribution is 2.32. The van der Waals surface area contributed by atoms with Crippen LogP contribution in [0.2, 0.25) is 5.02 Å². The van der Waals surface area contributed by atoms with E-state index in [2.05, 4.69) is 5.32 Å². The average molecular weight is 256 g/mol. The monoisotopic (exact) mass is 255 g/mol. The predicted molar refractivity (Wildman–Crippen MR) is 67.4 cm³/mol. The average Bonchev–Trinajstić information content (AvgIpc) is 2.29. The molecule has 0 aliphatic rings. The summed E-state index contributed by atoms with van der Waals surface area (Å²) in [6.45, 7) is 2.35. The molecule has 0 aliphatic carbocycles. The zero-order valence-electron chi connectivity index (χ0n) is 9.70. The molecule has 4 nitrogen and oxygen atoms in total. The van der Waals surface area contributed by atoms with Crippen LogP contribution in [0.25, 0.3) is 0 Å². The van der Waals surface area contributed by atoms with Crippen molar-refractivity contribution >= 4 is 23.2 Å². The van der Waals surface area contributed by atoms with Crippen LogP contribution in [0.5, 0.6) is 5.75 Å². The zero-order chi connectivity index (χ0) is 12.7. The number of benzene rings is 1. The van der Waals surface area contributed by atoms with Crippen LogP contribution in [-0.4, -0.2) is 19.6 Å². The molecule has 0 radical (unpaired) electrons. The number of carbonyl (C=O) groups is 1. The van der Waals surface area contributed by atoms with Crippen molar-refractivity contribution < 1.29 is 14.3 Å². The van der Waals surface area contributed by atoms with Crippen molar-refractivity contribution in [3.05, 3.63) is 35.6 Å². The van der Waals surface area contributed by atoms with Gasteiger partial charge in [0.25, 0.3) is 5.91 Å². The molecule has 0 atom stereocenters. The Morgan fingerprint density at radius 3 is 2.94 bits per heavy atom. The van der Waals surface area contributed by atoms with Crippen LogP contribution in [0.3, 0.4) is 0 Å². The molecule has 0 spiro atoms. The van der Waals surface area contributed by atoms with E-state index in [9.17, 15) is 4.79 Å². The van der Waals surface area contributed by atoms with Crippen molar-refractivity contribution in [2.45, 2.75) is 6.92 Å². The Hall–Kier alpha value is -1.68. The molecular formula is C12H14ClNO3. The summed E-state index contributed by atoms with van der Waals surface area (Å²) in [6.07, 6.45) is 2.64. The molecule has 1 amide bonds. The lowest BCUT2D eigenvalue weighted by Crippen LogP contribution is -2.09. The third-order valence-electron chi connectivity index (χ3n) is 1.91. The summed E-state index contributed by atoms with van der Waals surface area (Å²) in [4.78, 5) is 11.5.